The van der Waals surface area contributed by atoms with Crippen LogP contribution in [0.1, 0.15) is 37.8 Å². The Labute approximate surface area is 200 Å². The predicted octanol–water partition coefficient (Wildman–Crippen LogP) is 3.46. The number of hydrogen-bond donors (Lipinski definition) is 0. The molecule has 1 aromatic carbocycles. The molecule has 4 rings (SSSR count). The number of hydrogen-bond acceptors (Lipinski definition) is 5. The van der Waals surface area contributed by atoms with Crippen molar-refractivity contribution in [3.63, 3.8) is 0 Å². The van der Waals surface area contributed by atoms with Crippen LogP contribution in [0.2, 0.25) is 0 Å². The number of piperidine rings is 1. The number of carbonyl (C=O) groups excluding carboxylic acids is 2. The third-order valence-corrected chi connectivity index (χ3v) is 7.30. The molecule has 33 heavy (non-hydrogen) atoms. The Bertz CT molecular complexity index is 969. The van der Waals surface area contributed by atoms with Gasteiger partial charge in [0.1, 0.15) is 0 Å². The summed E-state index contributed by atoms with van der Waals surface area (Å²) >= 11 is 1.46. The van der Waals surface area contributed by atoms with E-state index in [0.717, 1.165) is 23.7 Å². The zero-order valence-electron chi connectivity index (χ0n) is 20.0. The Morgan fingerprint density at radius 3 is 2.30 bits per heavy atom. The summed E-state index contributed by atoms with van der Waals surface area (Å²) in [6, 6.07) is 6.39. The number of amides is 2. The van der Waals surface area contributed by atoms with Crippen LogP contribution in [0.15, 0.2) is 35.7 Å². The molecule has 0 aliphatic carbocycles. The second kappa shape index (κ2) is 10.3. The maximum Gasteiger partial charge on any atom is 0.233 e. The molecular weight excluding hydrogens is 436 g/mol. The number of benzene rings is 1. The first-order valence-corrected chi connectivity index (χ1v) is 12.8. The quantitative estimate of drug-likeness (QED) is 0.626. The van der Waals surface area contributed by atoms with Crippen LogP contribution in [0.25, 0.3) is 5.69 Å². The molecule has 2 saturated heterocycles. The van der Waals surface area contributed by atoms with Gasteiger partial charge in [-0.2, -0.15) is 0 Å². The van der Waals surface area contributed by atoms with Crippen LogP contribution < -0.4 is 0 Å². The van der Waals surface area contributed by atoms with Gasteiger partial charge in [0.2, 0.25) is 11.8 Å². The normalized spacial score (nSPS) is 21.9. The summed E-state index contributed by atoms with van der Waals surface area (Å²) in [6.07, 6.45) is 5.32. The molecule has 7 nitrogen and oxygen atoms in total. The lowest BCUT2D eigenvalue weighted by molar-refractivity contribution is -0.150. The number of aryl methyl sites for hydroxylation is 2. The van der Waals surface area contributed by atoms with Crippen molar-refractivity contribution in [1.82, 2.24) is 19.4 Å². The summed E-state index contributed by atoms with van der Waals surface area (Å²) in [4.78, 5) is 34.1. The van der Waals surface area contributed by atoms with Crippen molar-refractivity contribution >= 4 is 23.6 Å². The highest BCUT2D eigenvalue weighted by molar-refractivity contribution is 7.99. The summed E-state index contributed by atoms with van der Waals surface area (Å²) in [5.74, 6) is 0.671. The van der Waals surface area contributed by atoms with E-state index in [2.05, 4.69) is 37.0 Å². The fourth-order valence-electron chi connectivity index (χ4n) is 4.89. The van der Waals surface area contributed by atoms with Crippen LogP contribution in [0.5, 0.6) is 0 Å². The molecule has 0 N–H and O–H groups in total. The fourth-order valence-corrected chi connectivity index (χ4v) is 5.77. The maximum atomic E-state index is 13.0. The van der Waals surface area contributed by atoms with Crippen molar-refractivity contribution in [2.24, 2.45) is 5.92 Å². The van der Waals surface area contributed by atoms with Gasteiger partial charge in [0.25, 0.3) is 0 Å². The van der Waals surface area contributed by atoms with Gasteiger partial charge in [0, 0.05) is 50.2 Å². The molecule has 0 radical (unpaired) electrons. The molecule has 2 amide bonds. The lowest BCUT2D eigenvalue weighted by Gasteiger charge is -2.39. The Hall–Kier alpha value is -2.32. The Morgan fingerprint density at radius 1 is 1.03 bits per heavy atom. The van der Waals surface area contributed by atoms with E-state index >= 15 is 0 Å². The molecule has 0 bridgehead atoms. The van der Waals surface area contributed by atoms with Gasteiger partial charge in [-0.25, -0.2) is 4.98 Å². The molecule has 1 aromatic heterocycles. The Balaban J connectivity index is 1.29. The highest BCUT2D eigenvalue weighted by Gasteiger charge is 2.33. The number of morpholine rings is 1. The number of aromatic nitrogens is 2. The van der Waals surface area contributed by atoms with E-state index in [1.54, 1.807) is 6.20 Å². The molecule has 0 saturated carbocycles. The van der Waals surface area contributed by atoms with Crippen LogP contribution in [0, 0.1) is 19.8 Å². The third-order valence-electron chi connectivity index (χ3n) is 6.34. The summed E-state index contributed by atoms with van der Waals surface area (Å²) in [6.45, 7) is 10.8. The summed E-state index contributed by atoms with van der Waals surface area (Å²) < 4.78 is 7.79. The van der Waals surface area contributed by atoms with Gasteiger partial charge in [-0.1, -0.05) is 17.8 Å². The van der Waals surface area contributed by atoms with Gasteiger partial charge in [-0.05, 0) is 63.8 Å². The summed E-state index contributed by atoms with van der Waals surface area (Å²) in [5.41, 5.74) is 3.46. The zero-order chi connectivity index (χ0) is 23.5. The van der Waals surface area contributed by atoms with Gasteiger partial charge >= 0.3 is 0 Å². The number of rotatable bonds is 5. The molecule has 8 heteroatoms. The first-order chi connectivity index (χ1) is 15.8. The Morgan fingerprint density at radius 2 is 1.67 bits per heavy atom. The molecule has 0 spiro atoms. The first kappa shape index (κ1) is 23.8. The summed E-state index contributed by atoms with van der Waals surface area (Å²) in [7, 11) is 0. The van der Waals surface area contributed by atoms with Crippen LogP contribution in [-0.4, -0.2) is 75.3 Å². The average molecular weight is 471 g/mol. The van der Waals surface area contributed by atoms with Gasteiger partial charge in [-0.3, -0.25) is 14.2 Å². The standard InChI is InChI=1S/C25H34N4O3S/c1-17-11-18(2)13-22(12-17)29-10-7-26-25(29)33-16-23(30)27-8-5-21(6-9-27)24(31)28-14-19(3)32-20(4)15-28/h7,10-13,19-21H,5-6,8-9,14-16H2,1-4H3. The van der Waals surface area contributed by atoms with Crippen LogP contribution in [-0.2, 0) is 14.3 Å². The lowest BCUT2D eigenvalue weighted by atomic mass is 9.94. The van der Waals surface area contributed by atoms with E-state index < -0.39 is 0 Å². The number of nitrogens with zero attached hydrogens (tertiary/aromatic N) is 4. The molecule has 2 unspecified atom stereocenters. The number of thioether (sulfide) groups is 1. The lowest BCUT2D eigenvalue weighted by Crippen LogP contribution is -2.52. The van der Waals surface area contributed by atoms with E-state index in [-0.39, 0.29) is 29.9 Å². The van der Waals surface area contributed by atoms with Crippen molar-refractivity contribution in [3.05, 3.63) is 41.7 Å². The SMILES string of the molecule is Cc1cc(C)cc(-n2ccnc2SCC(=O)N2CCC(C(=O)N3CC(C)OC(C)C3)CC2)c1. The predicted molar refractivity (Wildman–Crippen MR) is 130 cm³/mol. The van der Waals surface area contributed by atoms with Gasteiger partial charge in [-0.15, -0.1) is 0 Å². The van der Waals surface area contributed by atoms with E-state index in [1.165, 1.54) is 22.9 Å². The van der Waals surface area contributed by atoms with Crippen molar-refractivity contribution in [2.75, 3.05) is 31.9 Å². The highest BCUT2D eigenvalue weighted by atomic mass is 32.2. The topological polar surface area (TPSA) is 67.7 Å². The smallest absolute Gasteiger partial charge is 0.233 e. The summed E-state index contributed by atoms with van der Waals surface area (Å²) in [5, 5.41) is 0.814. The highest BCUT2D eigenvalue weighted by Crippen LogP contribution is 2.25. The number of likely N-dealkylation sites (tertiary alicyclic amines) is 1. The number of carbonyl (C=O) groups is 2. The van der Waals surface area contributed by atoms with E-state index in [4.69, 9.17) is 4.74 Å². The number of imidazole rings is 1. The maximum absolute atomic E-state index is 13.0. The third kappa shape index (κ3) is 5.79. The molecular formula is C25H34N4O3S. The van der Waals surface area contributed by atoms with Crippen LogP contribution in [0.4, 0.5) is 0 Å². The van der Waals surface area contributed by atoms with Crippen molar-refractivity contribution in [3.8, 4) is 5.69 Å². The van der Waals surface area contributed by atoms with E-state index in [9.17, 15) is 9.59 Å². The van der Waals surface area contributed by atoms with Crippen LogP contribution in [0.3, 0.4) is 0 Å². The van der Waals surface area contributed by atoms with Crippen molar-refractivity contribution in [1.29, 1.82) is 0 Å². The molecule has 2 fully saturated rings. The Kier molecular flexibility index (Phi) is 7.44. The zero-order valence-corrected chi connectivity index (χ0v) is 20.8. The molecule has 2 aliphatic rings. The molecule has 2 aliphatic heterocycles. The van der Waals surface area contributed by atoms with E-state index in [1.807, 2.05) is 34.4 Å². The molecule has 3 heterocycles. The first-order valence-electron chi connectivity index (χ1n) is 11.8. The van der Waals surface area contributed by atoms with Gasteiger partial charge in [0.05, 0.1) is 18.0 Å². The van der Waals surface area contributed by atoms with E-state index in [0.29, 0.717) is 31.9 Å². The average Bonchev–Trinajstić information content (AvgIpc) is 3.24. The largest absolute Gasteiger partial charge is 0.372 e. The monoisotopic (exact) mass is 470 g/mol. The van der Waals surface area contributed by atoms with Gasteiger partial charge < -0.3 is 14.5 Å². The minimum atomic E-state index is 0.00246. The second-order valence-corrected chi connectivity index (χ2v) is 10.3. The second-order valence-electron chi connectivity index (χ2n) is 9.37. The molecule has 178 valence electrons. The van der Waals surface area contributed by atoms with Crippen LogP contribution >= 0.6 is 11.8 Å². The molecule has 2 atom stereocenters. The molecule has 2 aromatic rings. The van der Waals surface area contributed by atoms with Crippen molar-refractivity contribution in [2.45, 2.75) is 57.9 Å². The minimum Gasteiger partial charge on any atom is -0.372 e. The van der Waals surface area contributed by atoms with Gasteiger partial charge in [0.15, 0.2) is 5.16 Å². The fraction of sp³-hybridized carbons (Fsp3) is 0.560. The van der Waals surface area contributed by atoms with Crippen molar-refractivity contribution < 1.29 is 14.3 Å². The number of ether oxygens (including phenoxy) is 1. The minimum absolute atomic E-state index is 0.00246.